The Morgan fingerprint density at radius 1 is 1.47 bits per heavy atom. The Morgan fingerprint density at radius 3 is 2.41 bits per heavy atom. The van der Waals surface area contributed by atoms with E-state index in [2.05, 4.69) is 0 Å². The average molecular weight is 261 g/mol. The first-order valence-corrected chi connectivity index (χ1v) is 5.97. The molecule has 6 heteroatoms. The van der Waals surface area contributed by atoms with Crippen LogP contribution in [0.25, 0.3) is 0 Å². The molecule has 0 bridgehead atoms. The molecule has 94 valence electrons. The lowest BCUT2D eigenvalue weighted by Crippen LogP contribution is -2.16. The van der Waals surface area contributed by atoms with Crippen LogP contribution in [0.5, 0.6) is 0 Å². The number of halogens is 2. The van der Waals surface area contributed by atoms with Gasteiger partial charge in [-0.2, -0.15) is 0 Å². The SMILES string of the molecule is CCCC(Sc1c(F)cc(N)cc1F)C(=O)O. The molecular weight excluding hydrogens is 248 g/mol. The summed E-state index contributed by atoms with van der Waals surface area (Å²) in [6, 6.07) is 1.96. The first-order valence-electron chi connectivity index (χ1n) is 5.09. The molecule has 0 radical (unpaired) electrons. The second-order valence-electron chi connectivity index (χ2n) is 3.55. The van der Waals surface area contributed by atoms with E-state index in [1.807, 2.05) is 6.92 Å². The summed E-state index contributed by atoms with van der Waals surface area (Å²) in [5.41, 5.74) is 5.25. The highest BCUT2D eigenvalue weighted by molar-refractivity contribution is 8.00. The number of nitrogens with two attached hydrogens (primary N) is 1. The number of rotatable bonds is 5. The fourth-order valence-electron chi connectivity index (χ4n) is 1.33. The smallest absolute Gasteiger partial charge is 0.316 e. The van der Waals surface area contributed by atoms with Gasteiger partial charge in [0.25, 0.3) is 0 Å². The van der Waals surface area contributed by atoms with Gasteiger partial charge in [-0.1, -0.05) is 13.3 Å². The molecule has 0 spiro atoms. The molecule has 0 aromatic heterocycles. The summed E-state index contributed by atoms with van der Waals surface area (Å²) in [5, 5.41) is 8.06. The number of carboxylic acids is 1. The highest BCUT2D eigenvalue weighted by Crippen LogP contribution is 2.32. The Balaban J connectivity index is 2.97. The van der Waals surface area contributed by atoms with Crippen molar-refractivity contribution in [2.24, 2.45) is 0 Å². The maximum Gasteiger partial charge on any atom is 0.316 e. The third-order valence-electron chi connectivity index (χ3n) is 2.11. The van der Waals surface area contributed by atoms with Crippen LogP contribution in [0.4, 0.5) is 14.5 Å². The molecule has 0 aliphatic heterocycles. The minimum atomic E-state index is -1.08. The van der Waals surface area contributed by atoms with Gasteiger partial charge in [-0.25, -0.2) is 8.78 Å². The molecule has 0 amide bonds. The Hall–Kier alpha value is -1.30. The molecule has 1 aromatic rings. The van der Waals surface area contributed by atoms with Gasteiger partial charge in [0, 0.05) is 5.69 Å². The van der Waals surface area contributed by atoms with E-state index in [4.69, 9.17) is 10.8 Å². The quantitative estimate of drug-likeness (QED) is 0.632. The third kappa shape index (κ3) is 3.59. The van der Waals surface area contributed by atoms with Gasteiger partial charge in [-0.05, 0) is 18.6 Å². The van der Waals surface area contributed by atoms with Gasteiger partial charge < -0.3 is 10.8 Å². The number of thioether (sulfide) groups is 1. The minimum absolute atomic E-state index is 0.0216. The summed E-state index contributed by atoms with van der Waals surface area (Å²) in [5.74, 6) is -2.72. The number of nitrogen functional groups attached to an aromatic ring is 1. The largest absolute Gasteiger partial charge is 0.480 e. The lowest BCUT2D eigenvalue weighted by molar-refractivity contribution is -0.136. The fourth-order valence-corrected chi connectivity index (χ4v) is 2.41. The third-order valence-corrected chi connectivity index (χ3v) is 3.45. The van der Waals surface area contributed by atoms with Crippen molar-refractivity contribution in [1.29, 1.82) is 0 Å². The zero-order valence-electron chi connectivity index (χ0n) is 9.24. The highest BCUT2D eigenvalue weighted by Gasteiger charge is 2.22. The molecule has 0 heterocycles. The minimum Gasteiger partial charge on any atom is -0.480 e. The number of hydrogen-bond acceptors (Lipinski definition) is 3. The van der Waals surface area contributed by atoms with E-state index in [1.165, 1.54) is 0 Å². The Morgan fingerprint density at radius 2 is 2.00 bits per heavy atom. The van der Waals surface area contributed by atoms with Crippen LogP contribution in [-0.2, 0) is 4.79 Å². The van der Waals surface area contributed by atoms with Crippen LogP contribution < -0.4 is 5.73 Å². The lowest BCUT2D eigenvalue weighted by atomic mass is 10.2. The van der Waals surface area contributed by atoms with Crippen LogP contribution in [0.3, 0.4) is 0 Å². The molecule has 1 aromatic carbocycles. The number of benzene rings is 1. The molecule has 0 fully saturated rings. The molecule has 17 heavy (non-hydrogen) atoms. The van der Waals surface area contributed by atoms with Gasteiger partial charge >= 0.3 is 5.97 Å². The normalized spacial score (nSPS) is 12.4. The average Bonchev–Trinajstić information content (AvgIpc) is 2.21. The van der Waals surface area contributed by atoms with Crippen molar-refractivity contribution in [3.05, 3.63) is 23.8 Å². The summed E-state index contributed by atoms with van der Waals surface area (Å²) in [7, 11) is 0. The molecule has 3 N–H and O–H groups in total. The van der Waals surface area contributed by atoms with Crippen molar-refractivity contribution in [2.75, 3.05) is 5.73 Å². The number of anilines is 1. The zero-order chi connectivity index (χ0) is 13.0. The molecule has 0 saturated carbocycles. The van der Waals surface area contributed by atoms with E-state index < -0.39 is 22.9 Å². The van der Waals surface area contributed by atoms with E-state index in [1.54, 1.807) is 0 Å². The summed E-state index contributed by atoms with van der Waals surface area (Å²) in [6.07, 6.45) is 0.978. The Kier molecular flexibility index (Phi) is 4.74. The topological polar surface area (TPSA) is 63.3 Å². The maximum absolute atomic E-state index is 13.4. The van der Waals surface area contributed by atoms with E-state index in [9.17, 15) is 13.6 Å². The van der Waals surface area contributed by atoms with Gasteiger partial charge in [-0.15, -0.1) is 11.8 Å². The van der Waals surface area contributed by atoms with Crippen molar-refractivity contribution >= 4 is 23.4 Å². The number of carbonyl (C=O) groups is 1. The number of hydrogen-bond donors (Lipinski definition) is 2. The molecule has 0 aliphatic rings. The van der Waals surface area contributed by atoms with Crippen molar-refractivity contribution in [3.8, 4) is 0 Å². The molecule has 0 saturated heterocycles. The second-order valence-corrected chi connectivity index (χ2v) is 4.76. The summed E-state index contributed by atoms with van der Waals surface area (Å²) < 4.78 is 26.9. The first kappa shape index (κ1) is 13.8. The standard InChI is InChI=1S/C11H13F2NO2S/c1-2-3-9(11(15)16)17-10-7(12)4-6(14)5-8(10)13/h4-5,9H,2-3,14H2,1H3,(H,15,16). The number of aliphatic carboxylic acids is 1. The monoisotopic (exact) mass is 261 g/mol. The first-order chi connectivity index (χ1) is 7.95. The summed E-state index contributed by atoms with van der Waals surface area (Å²) in [6.45, 7) is 1.81. The summed E-state index contributed by atoms with van der Waals surface area (Å²) in [4.78, 5) is 10.6. The molecule has 0 aliphatic carbocycles. The lowest BCUT2D eigenvalue weighted by Gasteiger charge is -2.12. The van der Waals surface area contributed by atoms with Crippen LogP contribution in [0.1, 0.15) is 19.8 Å². The van der Waals surface area contributed by atoms with E-state index in [0.717, 1.165) is 12.1 Å². The van der Waals surface area contributed by atoms with Crippen molar-refractivity contribution in [3.63, 3.8) is 0 Å². The van der Waals surface area contributed by atoms with Crippen LogP contribution in [0.15, 0.2) is 17.0 Å². The zero-order valence-corrected chi connectivity index (χ0v) is 10.1. The van der Waals surface area contributed by atoms with Gasteiger partial charge in [0.2, 0.25) is 0 Å². The van der Waals surface area contributed by atoms with Crippen molar-refractivity contribution in [1.82, 2.24) is 0 Å². The van der Waals surface area contributed by atoms with Gasteiger partial charge in [0.1, 0.15) is 16.9 Å². The predicted octanol–water partition coefficient (Wildman–Crippen LogP) is 2.89. The molecular formula is C11H13F2NO2S. The Bertz CT molecular complexity index is 403. The van der Waals surface area contributed by atoms with Crippen LogP contribution in [0.2, 0.25) is 0 Å². The van der Waals surface area contributed by atoms with Crippen LogP contribution in [-0.4, -0.2) is 16.3 Å². The highest BCUT2D eigenvalue weighted by atomic mass is 32.2. The second kappa shape index (κ2) is 5.86. The van der Waals surface area contributed by atoms with E-state index in [0.29, 0.717) is 24.6 Å². The van der Waals surface area contributed by atoms with Gasteiger partial charge in [0.05, 0.1) is 4.90 Å². The van der Waals surface area contributed by atoms with E-state index in [-0.39, 0.29) is 10.6 Å². The number of carboxylic acid groups (broad SMARTS) is 1. The molecule has 1 rings (SSSR count). The van der Waals surface area contributed by atoms with Crippen molar-refractivity contribution < 1.29 is 18.7 Å². The maximum atomic E-state index is 13.4. The van der Waals surface area contributed by atoms with Crippen LogP contribution in [0, 0.1) is 11.6 Å². The fraction of sp³-hybridized carbons (Fsp3) is 0.364. The van der Waals surface area contributed by atoms with Gasteiger partial charge in [-0.3, -0.25) is 4.79 Å². The molecule has 1 unspecified atom stereocenters. The molecule has 1 atom stereocenters. The van der Waals surface area contributed by atoms with Crippen molar-refractivity contribution in [2.45, 2.75) is 29.9 Å². The van der Waals surface area contributed by atoms with Gasteiger partial charge in [0.15, 0.2) is 0 Å². The Labute approximate surface area is 102 Å². The predicted molar refractivity (Wildman–Crippen MR) is 63.0 cm³/mol. The summed E-state index contributed by atoms with van der Waals surface area (Å²) >= 11 is 0.678. The van der Waals surface area contributed by atoms with Crippen LogP contribution >= 0.6 is 11.8 Å². The molecule has 3 nitrogen and oxygen atoms in total. The van der Waals surface area contributed by atoms with E-state index >= 15 is 0 Å².